The fraction of sp³-hybridized carbons (Fsp3) is 0.480. The monoisotopic (exact) mass is 521 g/mol. The maximum atomic E-state index is 14.2. The minimum Gasteiger partial charge on any atom is -0.487 e. The van der Waals surface area contributed by atoms with E-state index in [1.54, 1.807) is 0 Å². The minimum atomic E-state index is -0.941. The van der Waals surface area contributed by atoms with Crippen LogP contribution >= 0.6 is 11.6 Å². The summed E-state index contributed by atoms with van der Waals surface area (Å²) in [5, 5.41) is 11.3. The summed E-state index contributed by atoms with van der Waals surface area (Å²) in [6.45, 7) is 3.82. The molecule has 3 N–H and O–H groups in total. The van der Waals surface area contributed by atoms with E-state index in [9.17, 15) is 18.7 Å². The van der Waals surface area contributed by atoms with Crippen LogP contribution in [0.2, 0.25) is 5.02 Å². The Hall–Kier alpha value is -2.82. The third-order valence-electron chi connectivity index (χ3n) is 6.91. The van der Waals surface area contributed by atoms with Crippen molar-refractivity contribution >= 4 is 23.1 Å². The highest BCUT2D eigenvalue weighted by molar-refractivity contribution is 6.30. The first-order valence-corrected chi connectivity index (χ1v) is 12.3. The first-order chi connectivity index (χ1) is 17.2. The van der Waals surface area contributed by atoms with Crippen molar-refractivity contribution < 1.29 is 23.4 Å². The summed E-state index contributed by atoms with van der Waals surface area (Å²) >= 11 is 5.87. The summed E-state index contributed by atoms with van der Waals surface area (Å²) < 4.78 is 33.4. The molecule has 4 unspecified atom stereocenters. The normalized spacial score (nSPS) is 24.9. The zero-order valence-corrected chi connectivity index (χ0v) is 21.0. The minimum absolute atomic E-state index is 0.0126. The Morgan fingerprint density at radius 3 is 2.69 bits per heavy atom. The largest absolute Gasteiger partial charge is 0.487 e. The van der Waals surface area contributed by atoms with Gasteiger partial charge in [0.2, 0.25) is 0 Å². The van der Waals surface area contributed by atoms with Gasteiger partial charge in [-0.1, -0.05) is 18.5 Å². The van der Waals surface area contributed by atoms with Crippen LogP contribution in [0.3, 0.4) is 0 Å². The second-order valence-corrected chi connectivity index (χ2v) is 9.58. The van der Waals surface area contributed by atoms with Crippen molar-refractivity contribution in [3.8, 4) is 5.75 Å². The lowest BCUT2D eigenvalue weighted by molar-refractivity contribution is -0.0855. The summed E-state index contributed by atoms with van der Waals surface area (Å²) in [4.78, 5) is 25.3. The Morgan fingerprint density at radius 1 is 1.31 bits per heavy atom. The lowest BCUT2D eigenvalue weighted by atomic mass is 9.89. The molecule has 2 aliphatic heterocycles. The van der Waals surface area contributed by atoms with Gasteiger partial charge < -0.3 is 20.5 Å². The van der Waals surface area contributed by atoms with E-state index in [2.05, 4.69) is 9.97 Å². The van der Waals surface area contributed by atoms with Crippen LogP contribution in [-0.2, 0) is 0 Å². The van der Waals surface area contributed by atoms with Crippen LogP contribution in [-0.4, -0.2) is 81.4 Å². The molecule has 194 valence electrons. The van der Waals surface area contributed by atoms with E-state index in [1.807, 2.05) is 18.7 Å². The first-order valence-electron chi connectivity index (χ1n) is 11.9. The Bertz CT molecular complexity index is 1130. The van der Waals surface area contributed by atoms with Crippen LogP contribution in [0.25, 0.3) is 5.57 Å². The third-order valence-corrected chi connectivity index (χ3v) is 7.11. The van der Waals surface area contributed by atoms with Crippen LogP contribution in [0.1, 0.15) is 42.9 Å². The van der Waals surface area contributed by atoms with Gasteiger partial charge in [0.25, 0.3) is 5.91 Å². The van der Waals surface area contributed by atoms with Gasteiger partial charge in [0, 0.05) is 54.8 Å². The van der Waals surface area contributed by atoms with Crippen molar-refractivity contribution in [2.45, 2.75) is 51.0 Å². The van der Waals surface area contributed by atoms with E-state index in [-0.39, 0.29) is 43.0 Å². The van der Waals surface area contributed by atoms with E-state index in [1.165, 1.54) is 29.4 Å². The number of nitrogens with zero attached hydrogens (tertiary/aromatic N) is 4. The van der Waals surface area contributed by atoms with Gasteiger partial charge in [0.15, 0.2) is 5.82 Å². The highest BCUT2D eigenvalue weighted by Crippen LogP contribution is 2.32. The van der Waals surface area contributed by atoms with Crippen LogP contribution in [0.15, 0.2) is 36.3 Å². The summed E-state index contributed by atoms with van der Waals surface area (Å²) in [5.41, 5.74) is 7.40. The van der Waals surface area contributed by atoms with Gasteiger partial charge in [-0.15, -0.1) is 0 Å². The van der Waals surface area contributed by atoms with E-state index in [0.29, 0.717) is 28.5 Å². The van der Waals surface area contributed by atoms with Gasteiger partial charge in [0.1, 0.15) is 30.4 Å². The Balaban J connectivity index is 1.54. The van der Waals surface area contributed by atoms with Gasteiger partial charge in [-0.3, -0.25) is 9.69 Å². The second kappa shape index (κ2) is 11.1. The van der Waals surface area contributed by atoms with Crippen LogP contribution in [0.4, 0.5) is 8.78 Å². The summed E-state index contributed by atoms with van der Waals surface area (Å²) in [6.07, 6.45) is 2.44. The number of hydrogen-bond donors (Lipinski definition) is 2. The molecule has 0 bridgehead atoms. The smallest absolute Gasteiger partial charge is 0.258 e. The quantitative estimate of drug-likeness (QED) is 0.577. The third kappa shape index (κ3) is 5.30. The highest BCUT2D eigenvalue weighted by atomic mass is 35.5. The number of halogens is 3. The zero-order valence-electron chi connectivity index (χ0n) is 20.2. The van der Waals surface area contributed by atoms with Crippen molar-refractivity contribution in [3.05, 3.63) is 58.5 Å². The number of piperidine rings is 1. The number of carbonyl (C=O) groups excluding carboxylic acids is 1. The van der Waals surface area contributed by atoms with Gasteiger partial charge in [0.05, 0.1) is 23.7 Å². The van der Waals surface area contributed by atoms with Crippen LogP contribution in [0.5, 0.6) is 5.75 Å². The average molecular weight is 522 g/mol. The molecule has 0 radical (unpaired) electrons. The van der Waals surface area contributed by atoms with Crippen molar-refractivity contribution in [2.75, 3.05) is 26.3 Å². The number of carbonyl (C=O) groups is 1. The molecule has 1 saturated heterocycles. The predicted molar refractivity (Wildman–Crippen MR) is 132 cm³/mol. The van der Waals surface area contributed by atoms with E-state index in [4.69, 9.17) is 22.1 Å². The van der Waals surface area contributed by atoms with Gasteiger partial charge in [-0.2, -0.15) is 0 Å². The molecule has 36 heavy (non-hydrogen) atoms. The van der Waals surface area contributed by atoms with Gasteiger partial charge in [-0.05, 0) is 25.5 Å². The number of ether oxygens (including phenoxy) is 1. The number of aliphatic hydroxyl groups excluding tert-OH is 1. The first kappa shape index (κ1) is 26.2. The van der Waals surface area contributed by atoms with Gasteiger partial charge in [-0.25, -0.2) is 18.7 Å². The number of amides is 1. The number of likely N-dealkylation sites (tertiary alicyclic amines) is 1. The second-order valence-electron chi connectivity index (χ2n) is 9.14. The number of rotatable bonds is 7. The predicted octanol–water partition coefficient (Wildman–Crippen LogP) is 3.05. The topological polar surface area (TPSA) is 105 Å². The molecule has 0 spiro atoms. The molecule has 8 nitrogen and oxygen atoms in total. The average Bonchev–Trinajstić information content (AvgIpc) is 3.25. The lowest BCUT2D eigenvalue weighted by Gasteiger charge is -2.46. The summed E-state index contributed by atoms with van der Waals surface area (Å²) in [5.74, 6) is -0.549. The number of hydrogen-bond acceptors (Lipinski definition) is 7. The summed E-state index contributed by atoms with van der Waals surface area (Å²) in [7, 11) is 0. The molecular formula is C25H30ClF2N5O3. The molecule has 2 aliphatic rings. The Morgan fingerprint density at radius 2 is 2.03 bits per heavy atom. The maximum Gasteiger partial charge on any atom is 0.258 e. The fourth-order valence-electron chi connectivity index (χ4n) is 4.96. The number of aliphatic hydroxyl groups is 1. The molecule has 4 atom stereocenters. The molecule has 1 fully saturated rings. The molecule has 1 amide bonds. The molecule has 4 rings (SSSR count). The maximum absolute atomic E-state index is 14.2. The molecular weight excluding hydrogens is 492 g/mol. The number of aromatic nitrogens is 2. The van der Waals surface area contributed by atoms with Crippen LogP contribution < -0.4 is 10.5 Å². The molecule has 1 aromatic heterocycles. The van der Waals surface area contributed by atoms with E-state index < -0.39 is 30.6 Å². The lowest BCUT2D eigenvalue weighted by Crippen LogP contribution is -2.59. The van der Waals surface area contributed by atoms with Crippen molar-refractivity contribution in [1.29, 1.82) is 0 Å². The zero-order chi connectivity index (χ0) is 26.0. The van der Waals surface area contributed by atoms with E-state index in [0.717, 1.165) is 12.5 Å². The standard InChI is InChI=1S/C25H30ClF2N5O3/c1-3-17-9-22(23(34)14(2)33(17)7-6-27)36-21-8-16(28)4-5-18(21)25(35)32-12-19(20(29)13-32)24-30-10-15(26)11-31-24/h4-5,8,10-11,14,17,22-23,34H,3,6-7,9,12-13,29H2,1-2H3. The van der Waals surface area contributed by atoms with Crippen molar-refractivity contribution in [3.63, 3.8) is 0 Å². The Labute approximate surface area is 213 Å². The summed E-state index contributed by atoms with van der Waals surface area (Å²) in [6, 6.07) is 3.33. The molecule has 2 aromatic rings. The van der Waals surface area contributed by atoms with Gasteiger partial charge >= 0.3 is 0 Å². The fourth-order valence-corrected chi connectivity index (χ4v) is 5.06. The van der Waals surface area contributed by atoms with Crippen LogP contribution in [0, 0.1) is 5.82 Å². The number of alkyl halides is 1. The molecule has 3 heterocycles. The van der Waals surface area contributed by atoms with E-state index >= 15 is 0 Å². The molecule has 11 heteroatoms. The SMILES string of the molecule is CCC1CC(Oc2cc(F)ccc2C(=O)N2CC(N)=C(c3ncc(Cl)cn3)C2)C(O)C(C)N1CCF. The van der Waals surface area contributed by atoms with Crippen molar-refractivity contribution in [2.24, 2.45) is 5.73 Å². The van der Waals surface area contributed by atoms with Crippen molar-refractivity contribution in [1.82, 2.24) is 19.8 Å². The number of benzene rings is 1. The number of nitrogens with two attached hydrogens (primary N) is 1. The molecule has 0 saturated carbocycles. The Kier molecular flexibility index (Phi) is 8.07. The highest BCUT2D eigenvalue weighted by Gasteiger charge is 2.41. The molecule has 0 aliphatic carbocycles. The molecule has 1 aromatic carbocycles.